The molecule has 0 unspecified atom stereocenters. The molecule has 4 nitrogen and oxygen atoms in total. The molecule has 1 saturated heterocycles. The first kappa shape index (κ1) is 18.1. The van der Waals surface area contributed by atoms with Crippen LogP contribution in [0.2, 0.25) is 0 Å². The Bertz CT molecular complexity index is 1010. The van der Waals surface area contributed by atoms with Crippen molar-refractivity contribution in [2.75, 3.05) is 14.2 Å². The molecule has 3 aromatic carbocycles. The molecule has 1 aliphatic rings. The summed E-state index contributed by atoms with van der Waals surface area (Å²) in [5.41, 5.74) is 0.239. The van der Waals surface area contributed by atoms with Gasteiger partial charge in [-0.25, -0.2) is 0 Å². The fourth-order valence-corrected chi connectivity index (χ4v) is 3.62. The van der Waals surface area contributed by atoms with Crippen molar-refractivity contribution >= 4 is 34.1 Å². The Morgan fingerprint density at radius 3 is 2.00 bits per heavy atom. The third-order valence-electron chi connectivity index (χ3n) is 5.92. The quantitative estimate of drug-likeness (QED) is 0.513. The minimum absolute atomic E-state index is 0.385. The van der Waals surface area contributed by atoms with E-state index in [2.05, 4.69) is 45.9 Å². The van der Waals surface area contributed by atoms with Crippen LogP contribution in [0.15, 0.2) is 42.5 Å². The van der Waals surface area contributed by atoms with Gasteiger partial charge in [0.2, 0.25) is 0 Å². The number of ether oxygens (including phenoxy) is 2. The van der Waals surface area contributed by atoms with E-state index in [1.54, 1.807) is 14.2 Å². The highest BCUT2D eigenvalue weighted by Crippen LogP contribution is 2.39. The molecule has 1 aliphatic heterocycles. The maximum atomic E-state index is 6.30. The third kappa shape index (κ3) is 2.77. The van der Waals surface area contributed by atoms with Crippen LogP contribution in [0.1, 0.15) is 27.7 Å². The summed E-state index contributed by atoms with van der Waals surface area (Å²) in [6.45, 7) is 8.27. The molecule has 0 spiro atoms. The lowest BCUT2D eigenvalue weighted by atomic mass is 9.75. The van der Waals surface area contributed by atoms with E-state index < -0.39 is 7.12 Å². The molecule has 0 N–H and O–H groups in total. The summed E-state index contributed by atoms with van der Waals surface area (Å²) < 4.78 is 23.8. The van der Waals surface area contributed by atoms with Crippen LogP contribution in [0, 0.1) is 0 Å². The molecule has 0 bridgehead atoms. The molecule has 3 aromatic rings. The number of fused-ring (bicyclic) bond motifs is 2. The van der Waals surface area contributed by atoms with Crippen molar-refractivity contribution in [1.29, 1.82) is 0 Å². The van der Waals surface area contributed by atoms with E-state index in [0.717, 1.165) is 38.5 Å². The van der Waals surface area contributed by atoms with Crippen molar-refractivity contribution in [1.82, 2.24) is 0 Å². The summed E-state index contributed by atoms with van der Waals surface area (Å²) in [4.78, 5) is 0. The van der Waals surface area contributed by atoms with E-state index >= 15 is 0 Å². The zero-order chi connectivity index (χ0) is 19.4. The molecule has 0 aromatic heterocycles. The van der Waals surface area contributed by atoms with Crippen LogP contribution in [0.3, 0.4) is 0 Å². The first-order valence-electron chi connectivity index (χ1n) is 9.20. The lowest BCUT2D eigenvalue weighted by Gasteiger charge is -2.32. The van der Waals surface area contributed by atoms with Gasteiger partial charge >= 0.3 is 7.12 Å². The Morgan fingerprint density at radius 2 is 1.37 bits per heavy atom. The van der Waals surface area contributed by atoms with Crippen molar-refractivity contribution in [2.45, 2.75) is 38.9 Å². The van der Waals surface area contributed by atoms with Gasteiger partial charge < -0.3 is 18.8 Å². The maximum absolute atomic E-state index is 6.30. The Morgan fingerprint density at radius 1 is 0.741 bits per heavy atom. The van der Waals surface area contributed by atoms with E-state index in [0.29, 0.717) is 0 Å². The van der Waals surface area contributed by atoms with Crippen LogP contribution in [0.4, 0.5) is 0 Å². The Balaban J connectivity index is 1.97. The van der Waals surface area contributed by atoms with E-state index in [1.165, 1.54) is 0 Å². The van der Waals surface area contributed by atoms with Gasteiger partial charge in [0, 0.05) is 10.8 Å². The van der Waals surface area contributed by atoms with Gasteiger partial charge in [-0.2, -0.15) is 0 Å². The minimum atomic E-state index is -0.425. The number of hydrogen-bond acceptors (Lipinski definition) is 4. The summed E-state index contributed by atoms with van der Waals surface area (Å²) in [5, 5.41) is 4.24. The molecule has 1 heterocycles. The van der Waals surface area contributed by atoms with Crippen molar-refractivity contribution in [3.8, 4) is 11.5 Å². The second-order valence-corrected chi connectivity index (χ2v) is 8.02. The van der Waals surface area contributed by atoms with Crippen molar-refractivity contribution < 1.29 is 18.8 Å². The highest BCUT2D eigenvalue weighted by atomic mass is 16.7. The van der Waals surface area contributed by atoms with E-state index in [9.17, 15) is 0 Å². The maximum Gasteiger partial charge on any atom is 0.495 e. The van der Waals surface area contributed by atoms with E-state index in [4.69, 9.17) is 18.8 Å². The molecule has 4 rings (SSSR count). The molecular formula is C22H25BO4. The average Bonchev–Trinajstić information content (AvgIpc) is 2.85. The second-order valence-electron chi connectivity index (χ2n) is 8.02. The molecule has 0 radical (unpaired) electrons. The van der Waals surface area contributed by atoms with Crippen molar-refractivity contribution in [3.63, 3.8) is 0 Å². The van der Waals surface area contributed by atoms with Crippen LogP contribution in [-0.4, -0.2) is 32.5 Å². The fourth-order valence-electron chi connectivity index (χ4n) is 3.62. The molecular weight excluding hydrogens is 339 g/mol. The summed E-state index contributed by atoms with van der Waals surface area (Å²) in [6.07, 6.45) is 0. The molecule has 140 valence electrons. The molecule has 1 fully saturated rings. The zero-order valence-corrected chi connectivity index (χ0v) is 16.8. The smallest absolute Gasteiger partial charge is 0.495 e. The Labute approximate surface area is 160 Å². The highest BCUT2D eigenvalue weighted by Gasteiger charge is 2.52. The zero-order valence-electron chi connectivity index (χ0n) is 16.8. The third-order valence-corrected chi connectivity index (χ3v) is 5.92. The van der Waals surface area contributed by atoms with Gasteiger partial charge in [0.05, 0.1) is 25.4 Å². The van der Waals surface area contributed by atoms with Gasteiger partial charge in [0.25, 0.3) is 0 Å². The molecule has 0 atom stereocenters. The molecule has 5 heteroatoms. The summed E-state index contributed by atoms with van der Waals surface area (Å²) in [7, 11) is 2.96. The molecule has 0 aliphatic carbocycles. The van der Waals surface area contributed by atoms with Gasteiger partial charge in [-0.05, 0) is 68.2 Å². The Hall–Kier alpha value is -2.24. The van der Waals surface area contributed by atoms with Gasteiger partial charge in [-0.15, -0.1) is 0 Å². The predicted octanol–water partition coefficient (Wildman–Crippen LogP) is 4.31. The van der Waals surface area contributed by atoms with Crippen molar-refractivity contribution in [3.05, 3.63) is 42.5 Å². The first-order chi connectivity index (χ1) is 12.8. The second kappa shape index (κ2) is 6.15. The van der Waals surface area contributed by atoms with E-state index in [-0.39, 0.29) is 11.2 Å². The summed E-state index contributed by atoms with van der Waals surface area (Å²) in [5.74, 6) is 1.66. The highest BCUT2D eigenvalue weighted by molar-refractivity contribution is 6.65. The van der Waals surface area contributed by atoms with E-state index in [1.807, 2.05) is 24.3 Å². The van der Waals surface area contributed by atoms with Gasteiger partial charge in [0.1, 0.15) is 11.5 Å². The van der Waals surface area contributed by atoms with Crippen molar-refractivity contribution in [2.24, 2.45) is 0 Å². The van der Waals surface area contributed by atoms with Crippen LogP contribution in [0.5, 0.6) is 11.5 Å². The van der Waals surface area contributed by atoms with Crippen LogP contribution >= 0.6 is 0 Å². The SMILES string of the molecule is COc1cccc2cc3c(B4OC(C)(C)C(C)(C)O4)ccc(OC)c3cc12. The van der Waals surface area contributed by atoms with Gasteiger partial charge in [0.15, 0.2) is 0 Å². The monoisotopic (exact) mass is 364 g/mol. The van der Waals surface area contributed by atoms with Crippen LogP contribution in [0.25, 0.3) is 21.5 Å². The number of hydrogen-bond donors (Lipinski definition) is 0. The number of methoxy groups -OCH3 is 2. The molecule has 27 heavy (non-hydrogen) atoms. The van der Waals surface area contributed by atoms with Crippen LogP contribution < -0.4 is 14.9 Å². The lowest BCUT2D eigenvalue weighted by molar-refractivity contribution is 0.00578. The standard InChI is InChI=1S/C22H25BO4/c1-21(2)22(3,4)27-23(26-21)18-10-11-20(25-6)17-13-15-14(12-16(17)18)8-7-9-19(15)24-5/h7-13H,1-6H3. The topological polar surface area (TPSA) is 36.9 Å². The van der Waals surface area contributed by atoms with Gasteiger partial charge in [-0.3, -0.25) is 0 Å². The number of benzene rings is 3. The lowest BCUT2D eigenvalue weighted by Crippen LogP contribution is -2.41. The average molecular weight is 364 g/mol. The van der Waals surface area contributed by atoms with Crippen LogP contribution in [-0.2, 0) is 9.31 Å². The normalized spacial score (nSPS) is 18.2. The summed E-state index contributed by atoms with van der Waals surface area (Å²) >= 11 is 0. The molecule has 0 amide bonds. The Kier molecular flexibility index (Phi) is 4.13. The predicted molar refractivity (Wildman–Crippen MR) is 110 cm³/mol. The largest absolute Gasteiger partial charge is 0.496 e. The minimum Gasteiger partial charge on any atom is -0.496 e. The molecule has 0 saturated carbocycles. The first-order valence-corrected chi connectivity index (χ1v) is 9.20. The summed E-state index contributed by atoms with van der Waals surface area (Å²) in [6, 6.07) is 14.4. The number of rotatable bonds is 3. The van der Waals surface area contributed by atoms with Gasteiger partial charge in [-0.1, -0.05) is 18.2 Å². The fraction of sp³-hybridized carbons (Fsp3) is 0.364.